The molecular weight excluding hydrogens is 274 g/mol. The molecule has 0 fully saturated rings. The van der Waals surface area contributed by atoms with Crippen LogP contribution in [-0.2, 0) is 13.0 Å². The molecule has 2 aromatic carbocycles. The zero-order chi connectivity index (χ0) is 15.4. The monoisotopic (exact) mass is 297 g/mol. The Balaban J connectivity index is 1.87. The molecule has 1 atom stereocenters. The number of nitrogens with zero attached hydrogens (tertiary/aromatic N) is 1. The Morgan fingerprint density at radius 3 is 2.64 bits per heavy atom. The number of aliphatic hydroxyl groups is 1. The Morgan fingerprint density at radius 2 is 1.82 bits per heavy atom. The van der Waals surface area contributed by atoms with Crippen LogP contribution < -0.4 is 0 Å². The second-order valence-electron chi connectivity index (χ2n) is 5.93. The third kappa shape index (κ3) is 3.16. The lowest BCUT2D eigenvalue weighted by Gasteiger charge is -2.35. The molecule has 2 aromatic rings. The smallest absolute Gasteiger partial charge is 0.120 e. The van der Waals surface area contributed by atoms with Gasteiger partial charge in [0.1, 0.15) is 5.75 Å². The van der Waals surface area contributed by atoms with E-state index in [1.165, 1.54) is 17.5 Å². The molecule has 1 aliphatic carbocycles. The summed E-state index contributed by atoms with van der Waals surface area (Å²) in [6.45, 7) is 1.41. The van der Waals surface area contributed by atoms with Crippen LogP contribution in [0.3, 0.4) is 0 Å². The van der Waals surface area contributed by atoms with E-state index in [-0.39, 0.29) is 6.61 Å². The van der Waals surface area contributed by atoms with Crippen molar-refractivity contribution in [1.82, 2.24) is 4.90 Å². The van der Waals surface area contributed by atoms with Crippen molar-refractivity contribution in [1.29, 1.82) is 0 Å². The lowest BCUT2D eigenvalue weighted by Crippen LogP contribution is -2.33. The molecule has 0 aromatic heterocycles. The highest BCUT2D eigenvalue weighted by molar-refractivity contribution is 5.34. The maximum atomic E-state index is 10.0. The first-order valence-electron chi connectivity index (χ1n) is 7.99. The summed E-state index contributed by atoms with van der Waals surface area (Å²) >= 11 is 0. The molecule has 1 aliphatic rings. The number of hydrogen-bond donors (Lipinski definition) is 2. The van der Waals surface area contributed by atoms with Crippen LogP contribution in [0.2, 0.25) is 0 Å². The molecule has 0 amide bonds. The first-order valence-corrected chi connectivity index (χ1v) is 7.99. The molecule has 116 valence electrons. The second kappa shape index (κ2) is 6.95. The summed E-state index contributed by atoms with van der Waals surface area (Å²) in [6, 6.07) is 16.4. The average molecular weight is 297 g/mol. The standard InChI is InChI=1S/C19H23NO2/c21-13-12-20(14-16-7-2-4-11-19(16)22)18-10-5-8-15-6-1-3-9-17(15)18/h1-4,6-7,9,11,18,21-22H,5,8,10,12-14H2. The highest BCUT2D eigenvalue weighted by Crippen LogP contribution is 2.35. The maximum absolute atomic E-state index is 10.0. The fourth-order valence-electron chi connectivity index (χ4n) is 3.44. The predicted molar refractivity (Wildman–Crippen MR) is 87.7 cm³/mol. The van der Waals surface area contributed by atoms with Gasteiger partial charge >= 0.3 is 0 Å². The summed E-state index contributed by atoms with van der Waals surface area (Å²) in [5, 5.41) is 19.5. The highest BCUT2D eigenvalue weighted by Gasteiger charge is 2.25. The zero-order valence-electron chi connectivity index (χ0n) is 12.8. The van der Waals surface area contributed by atoms with Gasteiger partial charge in [-0.2, -0.15) is 0 Å². The number of hydrogen-bond acceptors (Lipinski definition) is 3. The summed E-state index contributed by atoms with van der Waals surface area (Å²) in [5.41, 5.74) is 3.70. The predicted octanol–water partition coefficient (Wildman–Crippen LogP) is 3.26. The van der Waals surface area contributed by atoms with Crippen LogP contribution >= 0.6 is 0 Å². The van der Waals surface area contributed by atoms with Gasteiger partial charge in [-0.15, -0.1) is 0 Å². The molecule has 0 saturated heterocycles. The van der Waals surface area contributed by atoms with E-state index in [1.807, 2.05) is 18.2 Å². The number of aliphatic hydroxyl groups excluding tert-OH is 1. The van der Waals surface area contributed by atoms with Gasteiger partial charge in [0, 0.05) is 24.7 Å². The van der Waals surface area contributed by atoms with Crippen LogP contribution in [-0.4, -0.2) is 28.3 Å². The Kier molecular flexibility index (Phi) is 4.76. The Bertz CT molecular complexity index is 626. The third-order valence-corrected chi connectivity index (χ3v) is 4.53. The summed E-state index contributed by atoms with van der Waals surface area (Å²) in [4.78, 5) is 2.28. The molecule has 3 rings (SSSR count). The molecule has 22 heavy (non-hydrogen) atoms. The molecule has 0 spiro atoms. The molecule has 3 heteroatoms. The van der Waals surface area contributed by atoms with E-state index in [2.05, 4.69) is 29.2 Å². The van der Waals surface area contributed by atoms with E-state index in [4.69, 9.17) is 0 Å². The van der Waals surface area contributed by atoms with Crippen LogP contribution in [0.4, 0.5) is 0 Å². The molecule has 1 unspecified atom stereocenters. The lowest BCUT2D eigenvalue weighted by molar-refractivity contribution is 0.130. The van der Waals surface area contributed by atoms with E-state index in [1.54, 1.807) is 6.07 Å². The SMILES string of the molecule is OCCN(Cc1ccccc1O)C1CCCc2ccccc21. The van der Waals surface area contributed by atoms with Crippen LogP contribution in [0.15, 0.2) is 48.5 Å². The van der Waals surface area contributed by atoms with Crippen molar-refractivity contribution in [2.75, 3.05) is 13.2 Å². The Hall–Kier alpha value is -1.84. The molecule has 0 saturated carbocycles. The van der Waals surface area contributed by atoms with Crippen molar-refractivity contribution in [3.8, 4) is 5.75 Å². The van der Waals surface area contributed by atoms with Crippen LogP contribution in [0.5, 0.6) is 5.75 Å². The summed E-state index contributed by atoms with van der Waals surface area (Å²) < 4.78 is 0. The topological polar surface area (TPSA) is 43.7 Å². The number of fused-ring (bicyclic) bond motifs is 1. The Morgan fingerprint density at radius 1 is 1.05 bits per heavy atom. The number of aryl methyl sites for hydroxylation is 1. The van der Waals surface area contributed by atoms with E-state index in [0.29, 0.717) is 24.9 Å². The van der Waals surface area contributed by atoms with Crippen LogP contribution in [0.25, 0.3) is 0 Å². The largest absolute Gasteiger partial charge is 0.508 e. The van der Waals surface area contributed by atoms with Gasteiger partial charge in [-0.3, -0.25) is 4.90 Å². The lowest BCUT2D eigenvalue weighted by atomic mass is 9.86. The fourth-order valence-corrected chi connectivity index (χ4v) is 3.44. The van der Waals surface area contributed by atoms with E-state index in [9.17, 15) is 10.2 Å². The number of aromatic hydroxyl groups is 1. The van der Waals surface area contributed by atoms with Gasteiger partial charge in [-0.25, -0.2) is 0 Å². The average Bonchev–Trinajstić information content (AvgIpc) is 2.56. The van der Waals surface area contributed by atoms with Gasteiger partial charge in [0.05, 0.1) is 6.61 Å². The summed E-state index contributed by atoms with van der Waals surface area (Å²) in [5.74, 6) is 0.328. The van der Waals surface area contributed by atoms with Crippen molar-refractivity contribution < 1.29 is 10.2 Å². The molecule has 0 aliphatic heterocycles. The number of para-hydroxylation sites is 1. The summed E-state index contributed by atoms with van der Waals surface area (Å²) in [6.07, 6.45) is 3.41. The van der Waals surface area contributed by atoms with Crippen LogP contribution in [0.1, 0.15) is 35.6 Å². The molecule has 0 bridgehead atoms. The van der Waals surface area contributed by atoms with Gasteiger partial charge in [0.2, 0.25) is 0 Å². The van der Waals surface area contributed by atoms with Gasteiger partial charge in [0.25, 0.3) is 0 Å². The van der Waals surface area contributed by atoms with Crippen molar-refractivity contribution in [2.24, 2.45) is 0 Å². The number of rotatable bonds is 5. The minimum Gasteiger partial charge on any atom is -0.508 e. The number of phenols is 1. The van der Waals surface area contributed by atoms with Crippen molar-refractivity contribution in [2.45, 2.75) is 31.8 Å². The van der Waals surface area contributed by atoms with E-state index >= 15 is 0 Å². The molecule has 0 heterocycles. The fraction of sp³-hybridized carbons (Fsp3) is 0.368. The first-order chi connectivity index (χ1) is 10.8. The molecular formula is C19H23NO2. The minimum atomic E-state index is 0.131. The molecule has 3 nitrogen and oxygen atoms in total. The van der Waals surface area contributed by atoms with E-state index < -0.39 is 0 Å². The normalized spacial score (nSPS) is 17.5. The minimum absolute atomic E-state index is 0.131. The molecule has 0 radical (unpaired) electrons. The van der Waals surface area contributed by atoms with Crippen LogP contribution in [0, 0.1) is 0 Å². The van der Waals surface area contributed by atoms with Crippen molar-refractivity contribution in [3.05, 3.63) is 65.2 Å². The van der Waals surface area contributed by atoms with Gasteiger partial charge < -0.3 is 10.2 Å². The summed E-state index contributed by atoms with van der Waals surface area (Å²) in [7, 11) is 0. The van der Waals surface area contributed by atoms with E-state index in [0.717, 1.165) is 18.4 Å². The van der Waals surface area contributed by atoms with Crippen molar-refractivity contribution in [3.63, 3.8) is 0 Å². The highest BCUT2D eigenvalue weighted by atomic mass is 16.3. The van der Waals surface area contributed by atoms with Gasteiger partial charge in [0.15, 0.2) is 0 Å². The first kappa shape index (κ1) is 15.1. The van der Waals surface area contributed by atoms with Gasteiger partial charge in [-0.05, 0) is 36.5 Å². The third-order valence-electron chi connectivity index (χ3n) is 4.53. The Labute approximate surface area is 131 Å². The number of phenolic OH excluding ortho intramolecular Hbond substituents is 1. The zero-order valence-corrected chi connectivity index (χ0v) is 12.8. The second-order valence-corrected chi connectivity index (χ2v) is 5.93. The number of benzene rings is 2. The molecule has 2 N–H and O–H groups in total. The van der Waals surface area contributed by atoms with Gasteiger partial charge in [-0.1, -0.05) is 42.5 Å². The quantitative estimate of drug-likeness (QED) is 0.890. The van der Waals surface area contributed by atoms with Crippen molar-refractivity contribution >= 4 is 0 Å². The maximum Gasteiger partial charge on any atom is 0.120 e.